The molecule has 7 heteroatoms. The van der Waals surface area contributed by atoms with E-state index >= 15 is 0 Å². The molecular weight excluding hydrogens is 570 g/mol. The predicted molar refractivity (Wildman–Crippen MR) is 194 cm³/mol. The van der Waals surface area contributed by atoms with E-state index in [1.807, 2.05) is 18.2 Å². The number of aromatic nitrogens is 2. The monoisotopic (exact) mass is 630 g/mol. The van der Waals surface area contributed by atoms with Crippen molar-refractivity contribution in [2.45, 2.75) is 97.3 Å². The topological polar surface area (TPSA) is 81.3 Å². The van der Waals surface area contributed by atoms with Gasteiger partial charge in [-0.25, -0.2) is 9.97 Å². The first-order valence-corrected chi connectivity index (χ1v) is 18.1. The molecule has 0 atom stereocenters. The molecule has 0 unspecified atom stereocenters. The van der Waals surface area contributed by atoms with Gasteiger partial charge in [0.1, 0.15) is 11.0 Å². The van der Waals surface area contributed by atoms with Crippen LogP contribution in [0.15, 0.2) is 45.2 Å². The zero-order valence-electron chi connectivity index (χ0n) is 29.2. The molecule has 0 saturated carbocycles. The standard InChI is InChI=1S/C39H60N5O2/c1-5-7-9-11-25-43(26-12-10-8-6-2)27-13-16-32-18-20-36-34(30-32)41-38(45-36)22-23-39-42-35-31-33(19-21-37(35)46-39)17-14-28-44(3,4)29-15-24-40/h18-23,30-31H,5-17,24-29,40H2,1-4H3/q+1/b23-22+. The van der Waals surface area contributed by atoms with Crippen molar-refractivity contribution in [3.63, 3.8) is 0 Å². The van der Waals surface area contributed by atoms with Crippen LogP contribution in [0.4, 0.5) is 0 Å². The van der Waals surface area contributed by atoms with Crippen LogP contribution in [0.25, 0.3) is 34.4 Å². The van der Waals surface area contributed by atoms with E-state index in [4.69, 9.17) is 24.5 Å². The Morgan fingerprint density at radius 1 is 0.652 bits per heavy atom. The van der Waals surface area contributed by atoms with Crippen LogP contribution in [-0.2, 0) is 12.8 Å². The quantitative estimate of drug-likeness (QED) is 0.0651. The smallest absolute Gasteiger partial charge is 0.220 e. The Bertz CT molecular complexity index is 1460. The maximum absolute atomic E-state index is 6.02. The number of quaternary nitrogens is 1. The molecule has 0 saturated heterocycles. The van der Waals surface area contributed by atoms with Gasteiger partial charge in [0, 0.05) is 25.0 Å². The second-order valence-electron chi connectivity index (χ2n) is 13.7. The third-order valence-corrected chi connectivity index (χ3v) is 9.10. The number of benzene rings is 2. The van der Waals surface area contributed by atoms with Crippen molar-refractivity contribution in [2.75, 3.05) is 53.4 Å². The minimum atomic E-state index is 0.559. The number of nitrogens with zero attached hydrogens (tertiary/aromatic N) is 4. The van der Waals surface area contributed by atoms with Crippen LogP contribution in [0, 0.1) is 0 Å². The van der Waals surface area contributed by atoms with Crippen molar-refractivity contribution >= 4 is 34.4 Å². The van der Waals surface area contributed by atoms with Gasteiger partial charge in [-0.3, -0.25) is 0 Å². The second kappa shape index (κ2) is 19.0. The van der Waals surface area contributed by atoms with Crippen LogP contribution in [0.2, 0.25) is 0 Å². The van der Waals surface area contributed by atoms with E-state index in [1.54, 1.807) is 0 Å². The fourth-order valence-electron chi connectivity index (χ4n) is 6.29. The average Bonchev–Trinajstić information content (AvgIpc) is 3.65. The molecule has 0 aliphatic rings. The molecule has 2 heterocycles. The summed E-state index contributed by atoms with van der Waals surface area (Å²) in [5.41, 5.74) is 11.7. The lowest BCUT2D eigenvalue weighted by Gasteiger charge is -2.29. The summed E-state index contributed by atoms with van der Waals surface area (Å²) < 4.78 is 13.0. The zero-order valence-corrected chi connectivity index (χ0v) is 29.2. The Hall–Kier alpha value is -3.00. The Kier molecular flexibility index (Phi) is 14.8. The fourth-order valence-corrected chi connectivity index (χ4v) is 6.29. The van der Waals surface area contributed by atoms with E-state index in [-0.39, 0.29) is 0 Å². The second-order valence-corrected chi connectivity index (χ2v) is 13.7. The number of oxazole rings is 2. The molecule has 4 aromatic rings. The van der Waals surface area contributed by atoms with Gasteiger partial charge >= 0.3 is 0 Å². The molecule has 2 aromatic heterocycles. The van der Waals surface area contributed by atoms with Gasteiger partial charge in [0.05, 0.1) is 27.2 Å². The Balaban J connectivity index is 1.29. The number of fused-ring (bicyclic) bond motifs is 2. The van der Waals surface area contributed by atoms with E-state index in [9.17, 15) is 0 Å². The van der Waals surface area contributed by atoms with Gasteiger partial charge < -0.3 is 24.0 Å². The third kappa shape index (κ3) is 12.0. The van der Waals surface area contributed by atoms with E-state index in [1.165, 1.54) is 88.5 Å². The summed E-state index contributed by atoms with van der Waals surface area (Å²) in [7, 11) is 4.57. The summed E-state index contributed by atoms with van der Waals surface area (Å²) in [6.45, 7) is 11.2. The summed E-state index contributed by atoms with van der Waals surface area (Å²) in [6.07, 6.45) is 19.8. The summed E-state index contributed by atoms with van der Waals surface area (Å²) in [4.78, 5) is 12.2. The first-order chi connectivity index (χ1) is 22.4. The molecule has 0 bridgehead atoms. The van der Waals surface area contributed by atoms with Crippen molar-refractivity contribution in [3.05, 3.63) is 59.3 Å². The SMILES string of the molecule is CCCCCCN(CCCCCC)CCCc1ccc2oc(/C=C/c3nc4cc(CCC[N+](C)(C)CCCN)ccc4o3)nc2c1. The van der Waals surface area contributed by atoms with Gasteiger partial charge in [0.25, 0.3) is 0 Å². The van der Waals surface area contributed by atoms with Crippen LogP contribution in [-0.4, -0.2) is 72.7 Å². The van der Waals surface area contributed by atoms with Crippen LogP contribution in [0.3, 0.4) is 0 Å². The predicted octanol–water partition coefficient (Wildman–Crippen LogP) is 8.89. The molecular formula is C39H60N5O2+. The van der Waals surface area contributed by atoms with Gasteiger partial charge in [-0.15, -0.1) is 0 Å². The lowest BCUT2D eigenvalue weighted by Crippen LogP contribution is -2.42. The Morgan fingerprint density at radius 3 is 1.67 bits per heavy atom. The van der Waals surface area contributed by atoms with Gasteiger partial charge in [-0.2, -0.15) is 0 Å². The molecule has 0 radical (unpaired) electrons. The maximum atomic E-state index is 6.02. The molecule has 46 heavy (non-hydrogen) atoms. The number of nitrogens with two attached hydrogens (primary N) is 1. The highest BCUT2D eigenvalue weighted by Gasteiger charge is 2.14. The third-order valence-electron chi connectivity index (χ3n) is 9.10. The van der Waals surface area contributed by atoms with Crippen molar-refractivity contribution in [1.82, 2.24) is 14.9 Å². The van der Waals surface area contributed by atoms with E-state index in [0.29, 0.717) is 11.8 Å². The van der Waals surface area contributed by atoms with Gasteiger partial charge in [-0.05, 0) is 93.7 Å². The zero-order chi connectivity index (χ0) is 32.6. The normalized spacial score (nSPS) is 12.5. The first kappa shape index (κ1) is 35.8. The van der Waals surface area contributed by atoms with Crippen LogP contribution in [0.1, 0.15) is 107 Å². The van der Waals surface area contributed by atoms with Crippen molar-refractivity contribution < 1.29 is 13.3 Å². The number of aryl methyl sites for hydroxylation is 2. The lowest BCUT2D eigenvalue weighted by molar-refractivity contribution is -0.890. The Labute approximate surface area is 277 Å². The Morgan fingerprint density at radius 2 is 1.15 bits per heavy atom. The van der Waals surface area contributed by atoms with E-state index in [0.717, 1.165) is 72.0 Å². The molecule has 0 spiro atoms. The molecule has 2 aromatic carbocycles. The van der Waals surface area contributed by atoms with Gasteiger partial charge in [-0.1, -0.05) is 64.5 Å². The van der Waals surface area contributed by atoms with Gasteiger partial charge in [0.15, 0.2) is 11.2 Å². The van der Waals surface area contributed by atoms with Crippen molar-refractivity contribution in [2.24, 2.45) is 5.73 Å². The first-order valence-electron chi connectivity index (χ1n) is 18.1. The molecule has 0 amide bonds. The lowest BCUT2D eigenvalue weighted by atomic mass is 10.1. The van der Waals surface area contributed by atoms with E-state index in [2.05, 4.69) is 63.2 Å². The van der Waals surface area contributed by atoms with Crippen LogP contribution >= 0.6 is 0 Å². The van der Waals surface area contributed by atoms with Gasteiger partial charge in [0.2, 0.25) is 11.8 Å². The molecule has 2 N–H and O–H groups in total. The molecule has 4 rings (SSSR count). The van der Waals surface area contributed by atoms with Crippen molar-refractivity contribution in [1.29, 1.82) is 0 Å². The molecule has 0 aliphatic heterocycles. The van der Waals surface area contributed by atoms with Crippen LogP contribution in [0.5, 0.6) is 0 Å². The molecule has 0 aliphatic carbocycles. The summed E-state index contributed by atoms with van der Waals surface area (Å²) in [5.74, 6) is 1.12. The summed E-state index contributed by atoms with van der Waals surface area (Å²) in [6, 6.07) is 12.8. The minimum absolute atomic E-state index is 0.559. The number of unbranched alkanes of at least 4 members (excludes halogenated alkanes) is 6. The highest BCUT2D eigenvalue weighted by molar-refractivity contribution is 5.78. The average molecular weight is 631 g/mol. The highest BCUT2D eigenvalue weighted by atomic mass is 16.4. The summed E-state index contributed by atoms with van der Waals surface area (Å²) >= 11 is 0. The highest BCUT2D eigenvalue weighted by Crippen LogP contribution is 2.22. The number of hydrogen-bond acceptors (Lipinski definition) is 6. The largest absolute Gasteiger partial charge is 0.437 e. The summed E-state index contributed by atoms with van der Waals surface area (Å²) in [5, 5.41) is 0. The van der Waals surface area contributed by atoms with Crippen LogP contribution < -0.4 is 5.73 Å². The minimum Gasteiger partial charge on any atom is -0.437 e. The number of hydrogen-bond donors (Lipinski definition) is 1. The maximum Gasteiger partial charge on any atom is 0.220 e. The molecule has 252 valence electrons. The number of rotatable bonds is 23. The molecule has 0 fully saturated rings. The van der Waals surface area contributed by atoms with E-state index < -0.39 is 0 Å². The molecule has 7 nitrogen and oxygen atoms in total. The van der Waals surface area contributed by atoms with Crippen molar-refractivity contribution in [3.8, 4) is 0 Å². The fraction of sp³-hybridized carbons (Fsp3) is 0.590.